The van der Waals surface area contributed by atoms with Crippen LogP contribution in [0.15, 0.2) is 52.8 Å². The number of carbonyl (C=O) groups is 1. The molecule has 0 saturated carbocycles. The molecule has 7 heteroatoms. The Labute approximate surface area is 183 Å². The van der Waals surface area contributed by atoms with Crippen LogP contribution in [-0.4, -0.2) is 38.0 Å². The van der Waals surface area contributed by atoms with Crippen LogP contribution in [0.3, 0.4) is 0 Å². The third-order valence-electron chi connectivity index (χ3n) is 3.76. The monoisotopic (exact) mass is 500 g/mol. The fourth-order valence-corrected chi connectivity index (χ4v) is 3.09. The van der Waals surface area contributed by atoms with Crippen molar-refractivity contribution in [1.29, 1.82) is 0 Å². The number of benzene rings is 1. The average Bonchev–Trinajstić information content (AvgIpc) is 3.20. The largest absolute Gasteiger partial charge is 0.357 e. The van der Waals surface area contributed by atoms with Crippen molar-refractivity contribution in [3.05, 3.63) is 58.3 Å². The van der Waals surface area contributed by atoms with Crippen molar-refractivity contribution in [3.63, 3.8) is 0 Å². The van der Waals surface area contributed by atoms with E-state index in [0.29, 0.717) is 13.1 Å². The first-order valence-electron chi connectivity index (χ1n) is 9.17. The van der Waals surface area contributed by atoms with Gasteiger partial charge in [0.05, 0.1) is 4.88 Å². The number of nitrogens with zero attached hydrogens (tertiary/aromatic N) is 1. The minimum absolute atomic E-state index is 0. The number of aryl methyl sites for hydroxylation is 1. The van der Waals surface area contributed by atoms with E-state index in [-0.39, 0.29) is 29.9 Å². The van der Waals surface area contributed by atoms with E-state index >= 15 is 0 Å². The molecule has 0 radical (unpaired) electrons. The molecule has 27 heavy (non-hydrogen) atoms. The SMILES string of the molecule is CCNC(=NCCCNC(=O)c1cccs1)NCCCc1ccccc1.I. The maximum atomic E-state index is 11.8. The zero-order chi connectivity index (χ0) is 18.5. The highest BCUT2D eigenvalue weighted by atomic mass is 127. The lowest BCUT2D eigenvalue weighted by atomic mass is 10.1. The van der Waals surface area contributed by atoms with Gasteiger partial charge in [0, 0.05) is 26.2 Å². The number of aliphatic imine (C=N–C) groups is 1. The molecule has 0 spiro atoms. The number of thiophene rings is 1. The molecule has 148 valence electrons. The fourth-order valence-electron chi connectivity index (χ4n) is 2.45. The minimum atomic E-state index is -0.00470. The number of nitrogens with one attached hydrogen (secondary N) is 3. The lowest BCUT2D eigenvalue weighted by Gasteiger charge is -2.11. The van der Waals surface area contributed by atoms with Crippen LogP contribution in [0, 0.1) is 0 Å². The second-order valence-electron chi connectivity index (χ2n) is 5.86. The van der Waals surface area contributed by atoms with E-state index in [1.54, 1.807) is 0 Å². The van der Waals surface area contributed by atoms with Crippen molar-refractivity contribution >= 4 is 47.2 Å². The fraction of sp³-hybridized carbons (Fsp3) is 0.400. The molecule has 0 atom stereocenters. The van der Waals surface area contributed by atoms with E-state index in [1.165, 1.54) is 16.9 Å². The smallest absolute Gasteiger partial charge is 0.261 e. The Morgan fingerprint density at radius 2 is 1.78 bits per heavy atom. The Bertz CT molecular complexity index is 662. The van der Waals surface area contributed by atoms with Gasteiger partial charge in [0.25, 0.3) is 5.91 Å². The topological polar surface area (TPSA) is 65.5 Å². The van der Waals surface area contributed by atoms with Gasteiger partial charge < -0.3 is 16.0 Å². The standard InChI is InChI=1S/C20H28N4OS.HI/c1-2-21-20(23-13-6-11-17-9-4-3-5-10-17)24-15-8-14-22-19(25)18-12-7-16-26-18;/h3-5,7,9-10,12,16H,2,6,8,11,13-15H2,1H3,(H,22,25)(H2,21,23,24);1H. The van der Waals surface area contributed by atoms with Gasteiger partial charge in [-0.15, -0.1) is 35.3 Å². The molecule has 0 aliphatic heterocycles. The van der Waals surface area contributed by atoms with E-state index < -0.39 is 0 Å². The second-order valence-corrected chi connectivity index (χ2v) is 6.81. The molecule has 2 rings (SSSR count). The molecular formula is C20H29IN4OS. The maximum absolute atomic E-state index is 11.8. The van der Waals surface area contributed by atoms with E-state index in [4.69, 9.17) is 0 Å². The third kappa shape index (κ3) is 9.76. The van der Waals surface area contributed by atoms with Gasteiger partial charge in [-0.05, 0) is 43.2 Å². The van der Waals surface area contributed by atoms with Crippen molar-refractivity contribution in [3.8, 4) is 0 Å². The molecule has 2 aromatic rings. The van der Waals surface area contributed by atoms with E-state index in [0.717, 1.165) is 43.2 Å². The molecule has 0 aliphatic carbocycles. The molecule has 0 bridgehead atoms. The first kappa shape index (κ1) is 23.4. The average molecular weight is 500 g/mol. The third-order valence-corrected chi connectivity index (χ3v) is 4.63. The van der Waals surface area contributed by atoms with Crippen molar-refractivity contribution in [2.75, 3.05) is 26.2 Å². The molecule has 1 aromatic heterocycles. The number of guanidine groups is 1. The molecule has 1 amide bonds. The highest BCUT2D eigenvalue weighted by Crippen LogP contribution is 2.07. The Kier molecular flexibility index (Phi) is 12.5. The van der Waals surface area contributed by atoms with Crippen LogP contribution >= 0.6 is 35.3 Å². The molecule has 1 heterocycles. The van der Waals surface area contributed by atoms with Gasteiger partial charge in [0.15, 0.2) is 5.96 Å². The molecule has 5 nitrogen and oxygen atoms in total. The first-order valence-corrected chi connectivity index (χ1v) is 10.1. The zero-order valence-electron chi connectivity index (χ0n) is 15.7. The summed E-state index contributed by atoms with van der Waals surface area (Å²) >= 11 is 1.46. The quantitative estimate of drug-likeness (QED) is 0.202. The number of rotatable bonds is 10. The molecule has 3 N–H and O–H groups in total. The summed E-state index contributed by atoms with van der Waals surface area (Å²) in [5, 5.41) is 11.5. The minimum Gasteiger partial charge on any atom is -0.357 e. The van der Waals surface area contributed by atoms with Crippen LogP contribution in [0.5, 0.6) is 0 Å². The lowest BCUT2D eigenvalue weighted by molar-refractivity contribution is 0.0957. The van der Waals surface area contributed by atoms with Gasteiger partial charge in [-0.25, -0.2) is 0 Å². The summed E-state index contributed by atoms with van der Waals surface area (Å²) in [6.45, 7) is 5.09. The molecule has 0 aliphatic rings. The molecular weight excluding hydrogens is 471 g/mol. The number of carbonyl (C=O) groups excluding carboxylic acids is 1. The summed E-state index contributed by atoms with van der Waals surface area (Å²) in [4.78, 5) is 17.2. The zero-order valence-corrected chi connectivity index (χ0v) is 18.9. The highest BCUT2D eigenvalue weighted by molar-refractivity contribution is 14.0. The number of hydrogen-bond acceptors (Lipinski definition) is 3. The highest BCUT2D eigenvalue weighted by Gasteiger charge is 2.04. The molecule has 0 unspecified atom stereocenters. The van der Waals surface area contributed by atoms with Gasteiger partial charge in [0.1, 0.15) is 0 Å². The van der Waals surface area contributed by atoms with Crippen molar-refractivity contribution in [2.45, 2.75) is 26.2 Å². The molecule has 0 saturated heterocycles. The predicted octanol–water partition coefficient (Wildman–Crippen LogP) is 3.67. The Morgan fingerprint density at radius 1 is 1.00 bits per heavy atom. The van der Waals surface area contributed by atoms with Crippen LogP contribution < -0.4 is 16.0 Å². The summed E-state index contributed by atoms with van der Waals surface area (Å²) in [7, 11) is 0. The van der Waals surface area contributed by atoms with E-state index in [9.17, 15) is 4.79 Å². The summed E-state index contributed by atoms with van der Waals surface area (Å²) in [5.41, 5.74) is 1.36. The Morgan fingerprint density at radius 3 is 2.48 bits per heavy atom. The summed E-state index contributed by atoms with van der Waals surface area (Å²) in [6.07, 6.45) is 2.94. The Balaban J connectivity index is 0.00000364. The van der Waals surface area contributed by atoms with Crippen LogP contribution in [0.25, 0.3) is 0 Å². The lowest BCUT2D eigenvalue weighted by Crippen LogP contribution is -2.38. The van der Waals surface area contributed by atoms with Gasteiger partial charge in [-0.1, -0.05) is 36.4 Å². The number of hydrogen-bond donors (Lipinski definition) is 3. The van der Waals surface area contributed by atoms with Crippen LogP contribution in [0.2, 0.25) is 0 Å². The van der Waals surface area contributed by atoms with Gasteiger partial charge in [-0.2, -0.15) is 0 Å². The van der Waals surface area contributed by atoms with Crippen LogP contribution in [-0.2, 0) is 6.42 Å². The van der Waals surface area contributed by atoms with Gasteiger partial charge in [0.2, 0.25) is 0 Å². The van der Waals surface area contributed by atoms with Crippen LogP contribution in [0.1, 0.15) is 35.0 Å². The van der Waals surface area contributed by atoms with Gasteiger partial charge in [-0.3, -0.25) is 9.79 Å². The number of amides is 1. The summed E-state index contributed by atoms with van der Waals surface area (Å²) in [6, 6.07) is 14.2. The molecule has 1 aromatic carbocycles. The van der Waals surface area contributed by atoms with E-state index in [1.807, 2.05) is 23.6 Å². The molecule has 0 fully saturated rings. The van der Waals surface area contributed by atoms with Gasteiger partial charge >= 0.3 is 0 Å². The Hall–Kier alpha value is -1.61. The van der Waals surface area contributed by atoms with Crippen LogP contribution in [0.4, 0.5) is 0 Å². The second kappa shape index (κ2) is 14.4. The van der Waals surface area contributed by atoms with Crippen molar-refractivity contribution in [2.24, 2.45) is 4.99 Å². The summed E-state index contributed by atoms with van der Waals surface area (Å²) < 4.78 is 0. The number of halogens is 1. The van der Waals surface area contributed by atoms with Crippen molar-refractivity contribution in [1.82, 2.24) is 16.0 Å². The predicted molar refractivity (Wildman–Crippen MR) is 125 cm³/mol. The summed E-state index contributed by atoms with van der Waals surface area (Å²) in [5.74, 6) is 0.833. The normalized spacial score (nSPS) is 10.8. The maximum Gasteiger partial charge on any atom is 0.261 e. The van der Waals surface area contributed by atoms with Crippen molar-refractivity contribution < 1.29 is 4.79 Å². The first-order chi connectivity index (χ1) is 12.8. The van der Waals surface area contributed by atoms with E-state index in [2.05, 4.69) is 52.1 Å².